The zero-order valence-electron chi connectivity index (χ0n) is 17.3. The van der Waals surface area contributed by atoms with Crippen LogP contribution in [0.2, 0.25) is 0 Å². The Labute approximate surface area is 175 Å². The number of fused-ring (bicyclic) bond motifs is 2. The highest BCUT2D eigenvalue weighted by Crippen LogP contribution is 2.35. The number of likely N-dealkylation sites (N-methyl/N-ethyl adjacent to an activating group) is 1. The van der Waals surface area contributed by atoms with Crippen molar-refractivity contribution in [1.29, 1.82) is 0 Å². The van der Waals surface area contributed by atoms with E-state index in [0.29, 0.717) is 41.1 Å². The standard InChI is InChI=1S/C24H24N2O4/c1-4-26-13-16(11-15-9-10-17(29-2)12-21(15)30-3)23-19(14-26)22(24(27)28)18-7-5-6-8-20(18)25-23/h5-12H,4,13-14H2,1-3H3,(H,27,28). The average molecular weight is 404 g/mol. The molecule has 0 amide bonds. The third-order valence-corrected chi connectivity index (χ3v) is 5.50. The number of aromatic carboxylic acids is 1. The minimum absolute atomic E-state index is 0.335. The third kappa shape index (κ3) is 3.50. The van der Waals surface area contributed by atoms with Crippen LogP contribution in [0.15, 0.2) is 42.5 Å². The van der Waals surface area contributed by atoms with Crippen LogP contribution in [0.1, 0.15) is 34.1 Å². The van der Waals surface area contributed by atoms with Gasteiger partial charge in [-0.2, -0.15) is 0 Å². The summed E-state index contributed by atoms with van der Waals surface area (Å²) in [5, 5.41) is 10.7. The molecule has 0 aliphatic carbocycles. The molecule has 1 aliphatic rings. The zero-order valence-corrected chi connectivity index (χ0v) is 17.3. The molecule has 30 heavy (non-hydrogen) atoms. The highest BCUT2D eigenvalue weighted by atomic mass is 16.5. The molecule has 2 aromatic carbocycles. The Balaban J connectivity index is 1.96. The molecule has 1 N–H and O–H groups in total. The maximum Gasteiger partial charge on any atom is 0.336 e. The molecule has 1 aliphatic heterocycles. The summed E-state index contributed by atoms with van der Waals surface area (Å²) >= 11 is 0. The highest BCUT2D eigenvalue weighted by Gasteiger charge is 2.28. The number of nitrogens with zero attached hydrogens (tertiary/aromatic N) is 2. The van der Waals surface area contributed by atoms with Crippen molar-refractivity contribution in [3.8, 4) is 11.5 Å². The van der Waals surface area contributed by atoms with E-state index < -0.39 is 5.97 Å². The van der Waals surface area contributed by atoms with Gasteiger partial charge in [-0.3, -0.25) is 4.90 Å². The predicted octanol–water partition coefficient (Wildman–Crippen LogP) is 4.33. The predicted molar refractivity (Wildman–Crippen MR) is 117 cm³/mol. The number of benzene rings is 2. The molecule has 154 valence electrons. The minimum atomic E-state index is -0.927. The van der Waals surface area contributed by atoms with Crippen molar-refractivity contribution in [2.24, 2.45) is 0 Å². The Kier molecular flexibility index (Phi) is 5.42. The second-order valence-electron chi connectivity index (χ2n) is 7.22. The van der Waals surface area contributed by atoms with Gasteiger partial charge < -0.3 is 14.6 Å². The second kappa shape index (κ2) is 8.16. The van der Waals surface area contributed by atoms with Crippen LogP contribution < -0.4 is 9.47 Å². The number of carbonyl (C=O) groups is 1. The van der Waals surface area contributed by atoms with Gasteiger partial charge in [0.1, 0.15) is 11.5 Å². The summed E-state index contributed by atoms with van der Waals surface area (Å²) in [5.74, 6) is 0.478. The molecule has 0 fully saturated rings. The Morgan fingerprint density at radius 3 is 2.67 bits per heavy atom. The SMILES string of the molecule is CCN1CC(=Cc2ccc(OC)cc2OC)c2nc3ccccc3c(C(=O)O)c2C1. The largest absolute Gasteiger partial charge is 0.497 e. The van der Waals surface area contributed by atoms with E-state index in [4.69, 9.17) is 14.5 Å². The van der Waals surface area contributed by atoms with Gasteiger partial charge in [-0.15, -0.1) is 0 Å². The van der Waals surface area contributed by atoms with Crippen LogP contribution in [0.5, 0.6) is 11.5 Å². The van der Waals surface area contributed by atoms with Crippen LogP contribution >= 0.6 is 0 Å². The van der Waals surface area contributed by atoms with Crippen LogP contribution in [0, 0.1) is 0 Å². The number of rotatable bonds is 5. The van der Waals surface area contributed by atoms with Gasteiger partial charge in [0.05, 0.1) is 31.0 Å². The van der Waals surface area contributed by atoms with Gasteiger partial charge in [-0.25, -0.2) is 9.78 Å². The Bertz CT molecular complexity index is 1150. The maximum absolute atomic E-state index is 12.2. The van der Waals surface area contributed by atoms with Crippen molar-refractivity contribution in [3.63, 3.8) is 0 Å². The second-order valence-corrected chi connectivity index (χ2v) is 7.22. The summed E-state index contributed by atoms with van der Waals surface area (Å²) < 4.78 is 10.8. The van der Waals surface area contributed by atoms with Crippen molar-refractivity contribution in [1.82, 2.24) is 9.88 Å². The van der Waals surface area contributed by atoms with Crippen LogP contribution in [-0.2, 0) is 6.54 Å². The molecule has 4 rings (SSSR count). The fraction of sp³-hybridized carbons (Fsp3) is 0.250. The van der Waals surface area contributed by atoms with E-state index in [9.17, 15) is 9.90 Å². The lowest BCUT2D eigenvalue weighted by molar-refractivity contribution is 0.0696. The number of para-hydroxylation sites is 1. The molecule has 0 saturated heterocycles. The first kappa shape index (κ1) is 19.9. The van der Waals surface area contributed by atoms with Crippen LogP contribution in [-0.4, -0.2) is 48.3 Å². The van der Waals surface area contributed by atoms with Crippen molar-refractivity contribution < 1.29 is 19.4 Å². The van der Waals surface area contributed by atoms with Gasteiger partial charge in [0, 0.05) is 35.7 Å². The van der Waals surface area contributed by atoms with Gasteiger partial charge in [0.25, 0.3) is 0 Å². The normalized spacial score (nSPS) is 15.2. The van der Waals surface area contributed by atoms with E-state index in [2.05, 4.69) is 11.8 Å². The molecular weight excluding hydrogens is 380 g/mol. The lowest BCUT2D eigenvalue weighted by Crippen LogP contribution is -2.31. The first-order chi connectivity index (χ1) is 14.5. The third-order valence-electron chi connectivity index (χ3n) is 5.50. The smallest absolute Gasteiger partial charge is 0.336 e. The Morgan fingerprint density at radius 2 is 1.97 bits per heavy atom. The summed E-state index contributed by atoms with van der Waals surface area (Å²) in [5.41, 5.74) is 4.38. The number of carboxylic acid groups (broad SMARTS) is 1. The number of ether oxygens (including phenoxy) is 2. The summed E-state index contributed by atoms with van der Waals surface area (Å²) in [4.78, 5) is 19.3. The molecule has 2 heterocycles. The number of methoxy groups -OCH3 is 2. The fourth-order valence-electron chi connectivity index (χ4n) is 3.97. The molecule has 6 nitrogen and oxygen atoms in total. The van der Waals surface area contributed by atoms with Crippen LogP contribution in [0.25, 0.3) is 22.6 Å². The topological polar surface area (TPSA) is 71.9 Å². The molecule has 0 atom stereocenters. The lowest BCUT2D eigenvalue weighted by atomic mass is 9.92. The van der Waals surface area contributed by atoms with E-state index in [1.807, 2.05) is 48.5 Å². The zero-order chi connectivity index (χ0) is 21.3. The quantitative estimate of drug-likeness (QED) is 0.683. The molecule has 3 aromatic rings. The molecular formula is C24H24N2O4. The van der Waals surface area contributed by atoms with Gasteiger partial charge in [-0.1, -0.05) is 25.1 Å². The van der Waals surface area contributed by atoms with Gasteiger partial charge in [0.15, 0.2) is 0 Å². The van der Waals surface area contributed by atoms with E-state index in [0.717, 1.165) is 28.9 Å². The lowest BCUT2D eigenvalue weighted by Gasteiger charge is -2.30. The molecule has 6 heteroatoms. The number of aromatic nitrogens is 1. The average Bonchev–Trinajstić information content (AvgIpc) is 2.77. The number of hydrogen-bond donors (Lipinski definition) is 1. The summed E-state index contributed by atoms with van der Waals surface area (Å²) in [6.45, 7) is 4.12. The first-order valence-electron chi connectivity index (χ1n) is 9.86. The number of pyridine rings is 1. The van der Waals surface area contributed by atoms with E-state index >= 15 is 0 Å². The van der Waals surface area contributed by atoms with Crippen molar-refractivity contribution in [3.05, 3.63) is 64.8 Å². The van der Waals surface area contributed by atoms with Gasteiger partial charge in [-0.05, 0) is 36.4 Å². The summed E-state index contributed by atoms with van der Waals surface area (Å²) in [7, 11) is 3.24. The Morgan fingerprint density at radius 1 is 1.17 bits per heavy atom. The number of carboxylic acids is 1. The monoisotopic (exact) mass is 404 g/mol. The van der Waals surface area contributed by atoms with Crippen molar-refractivity contribution >= 4 is 28.5 Å². The molecule has 0 bridgehead atoms. The number of hydrogen-bond acceptors (Lipinski definition) is 5. The van der Waals surface area contributed by atoms with E-state index in [1.54, 1.807) is 14.2 Å². The highest BCUT2D eigenvalue weighted by molar-refractivity contribution is 6.06. The van der Waals surface area contributed by atoms with Crippen molar-refractivity contribution in [2.45, 2.75) is 13.5 Å². The Hall–Kier alpha value is -3.38. The molecule has 0 saturated carbocycles. The summed E-state index contributed by atoms with van der Waals surface area (Å²) in [6, 6.07) is 13.1. The molecule has 1 aromatic heterocycles. The fourth-order valence-corrected chi connectivity index (χ4v) is 3.97. The molecule has 0 unspecified atom stereocenters. The van der Waals surface area contributed by atoms with E-state index in [1.165, 1.54) is 0 Å². The van der Waals surface area contributed by atoms with Crippen molar-refractivity contribution in [2.75, 3.05) is 27.3 Å². The van der Waals surface area contributed by atoms with Gasteiger partial charge >= 0.3 is 5.97 Å². The first-order valence-corrected chi connectivity index (χ1v) is 9.86. The molecule has 0 spiro atoms. The van der Waals surface area contributed by atoms with E-state index in [-0.39, 0.29) is 0 Å². The van der Waals surface area contributed by atoms with Gasteiger partial charge in [0.2, 0.25) is 0 Å². The minimum Gasteiger partial charge on any atom is -0.497 e. The van der Waals surface area contributed by atoms with Crippen LogP contribution in [0.3, 0.4) is 0 Å². The maximum atomic E-state index is 12.2. The van der Waals surface area contributed by atoms with Crippen LogP contribution in [0.4, 0.5) is 0 Å². The molecule has 0 radical (unpaired) electrons. The summed E-state index contributed by atoms with van der Waals surface area (Å²) in [6.07, 6.45) is 2.03.